The summed E-state index contributed by atoms with van der Waals surface area (Å²) in [7, 11) is 0. The molecule has 0 aliphatic carbocycles. The van der Waals surface area contributed by atoms with Crippen molar-refractivity contribution < 1.29 is 4.79 Å². The van der Waals surface area contributed by atoms with Crippen LogP contribution in [0.25, 0.3) is 0 Å². The number of nitrogens with zero attached hydrogens (tertiary/aromatic N) is 3. The predicted molar refractivity (Wildman–Crippen MR) is 89.1 cm³/mol. The van der Waals surface area contributed by atoms with Crippen molar-refractivity contribution in [3.8, 4) is 0 Å². The normalized spacial score (nSPS) is 12.4. The molecule has 118 valence electrons. The molecule has 0 saturated carbocycles. The fraction of sp³-hybridized carbons (Fsp3) is 0.400. The SMILES string of the molecule is CC(C)n1cnnc1SCC(=O)N[C@@H](C)c1cccc(Cl)c1. The van der Waals surface area contributed by atoms with E-state index in [0.717, 1.165) is 10.7 Å². The first-order valence-electron chi connectivity index (χ1n) is 7.04. The Labute approximate surface area is 139 Å². The highest BCUT2D eigenvalue weighted by atomic mass is 35.5. The van der Waals surface area contributed by atoms with E-state index in [4.69, 9.17) is 11.6 Å². The molecule has 0 bridgehead atoms. The van der Waals surface area contributed by atoms with Crippen LogP contribution in [-0.2, 0) is 4.79 Å². The molecule has 0 spiro atoms. The Bertz CT molecular complexity index is 644. The van der Waals surface area contributed by atoms with E-state index < -0.39 is 0 Å². The van der Waals surface area contributed by atoms with Gasteiger partial charge in [0.25, 0.3) is 0 Å². The van der Waals surface area contributed by atoms with Gasteiger partial charge in [0.15, 0.2) is 5.16 Å². The van der Waals surface area contributed by atoms with Gasteiger partial charge in [0, 0.05) is 11.1 Å². The Balaban J connectivity index is 1.89. The number of nitrogens with one attached hydrogen (secondary N) is 1. The first kappa shape index (κ1) is 16.8. The van der Waals surface area contributed by atoms with Gasteiger partial charge in [-0.15, -0.1) is 10.2 Å². The molecule has 2 rings (SSSR count). The Hall–Kier alpha value is -1.53. The average molecular weight is 339 g/mol. The molecule has 0 saturated heterocycles. The lowest BCUT2D eigenvalue weighted by molar-refractivity contribution is -0.119. The predicted octanol–water partition coefficient (Wildman–Crippen LogP) is 3.48. The zero-order chi connectivity index (χ0) is 16.1. The van der Waals surface area contributed by atoms with Crippen LogP contribution < -0.4 is 5.32 Å². The maximum atomic E-state index is 12.1. The minimum Gasteiger partial charge on any atom is -0.349 e. The van der Waals surface area contributed by atoms with Gasteiger partial charge in [-0.3, -0.25) is 4.79 Å². The van der Waals surface area contributed by atoms with Crippen molar-refractivity contribution in [1.82, 2.24) is 20.1 Å². The molecule has 0 radical (unpaired) electrons. The molecule has 1 atom stereocenters. The van der Waals surface area contributed by atoms with Crippen LogP contribution in [-0.4, -0.2) is 26.4 Å². The van der Waals surface area contributed by atoms with Gasteiger partial charge < -0.3 is 9.88 Å². The maximum absolute atomic E-state index is 12.1. The second-order valence-corrected chi connectivity index (χ2v) is 6.63. The van der Waals surface area contributed by atoms with Crippen molar-refractivity contribution in [3.05, 3.63) is 41.2 Å². The molecule has 1 amide bonds. The second kappa shape index (κ2) is 7.65. The van der Waals surface area contributed by atoms with Gasteiger partial charge >= 0.3 is 0 Å². The van der Waals surface area contributed by atoms with E-state index >= 15 is 0 Å². The van der Waals surface area contributed by atoms with E-state index in [1.807, 2.05) is 35.8 Å². The summed E-state index contributed by atoms with van der Waals surface area (Å²) in [5.41, 5.74) is 0.983. The molecule has 2 aromatic rings. The highest BCUT2D eigenvalue weighted by molar-refractivity contribution is 7.99. The lowest BCUT2D eigenvalue weighted by Crippen LogP contribution is -2.28. The molecule has 0 aliphatic rings. The summed E-state index contributed by atoms with van der Waals surface area (Å²) in [6.45, 7) is 6.04. The number of aromatic nitrogens is 3. The van der Waals surface area contributed by atoms with Crippen molar-refractivity contribution in [2.45, 2.75) is 38.0 Å². The quantitative estimate of drug-likeness (QED) is 0.819. The molecule has 1 aromatic carbocycles. The molecule has 22 heavy (non-hydrogen) atoms. The summed E-state index contributed by atoms with van der Waals surface area (Å²) in [6.07, 6.45) is 1.68. The van der Waals surface area contributed by atoms with Crippen LogP contribution in [0.2, 0.25) is 5.02 Å². The molecule has 1 aromatic heterocycles. The van der Waals surface area contributed by atoms with Gasteiger partial charge in [0.2, 0.25) is 5.91 Å². The van der Waals surface area contributed by atoms with Gasteiger partial charge in [-0.05, 0) is 38.5 Å². The summed E-state index contributed by atoms with van der Waals surface area (Å²) in [5.74, 6) is 0.256. The Morgan fingerprint density at radius 2 is 2.18 bits per heavy atom. The van der Waals surface area contributed by atoms with E-state index in [1.54, 1.807) is 6.33 Å². The lowest BCUT2D eigenvalue weighted by Gasteiger charge is -2.15. The van der Waals surface area contributed by atoms with E-state index in [0.29, 0.717) is 10.8 Å². The molecule has 7 heteroatoms. The molecular formula is C15H19ClN4OS. The molecule has 0 aliphatic heterocycles. The number of amides is 1. The van der Waals surface area contributed by atoms with Crippen molar-refractivity contribution in [2.24, 2.45) is 0 Å². The highest BCUT2D eigenvalue weighted by Gasteiger charge is 2.13. The van der Waals surface area contributed by atoms with Gasteiger partial charge in [-0.25, -0.2) is 0 Å². The fourth-order valence-electron chi connectivity index (χ4n) is 1.96. The van der Waals surface area contributed by atoms with E-state index in [1.165, 1.54) is 11.8 Å². The number of hydrogen-bond acceptors (Lipinski definition) is 4. The molecule has 1 N–H and O–H groups in total. The Morgan fingerprint density at radius 3 is 2.86 bits per heavy atom. The number of benzene rings is 1. The summed E-state index contributed by atoms with van der Waals surface area (Å²) in [4.78, 5) is 12.1. The van der Waals surface area contributed by atoms with E-state index in [9.17, 15) is 4.79 Å². The zero-order valence-electron chi connectivity index (χ0n) is 12.8. The van der Waals surface area contributed by atoms with Crippen LogP contribution in [0.5, 0.6) is 0 Å². The fourth-order valence-corrected chi connectivity index (χ4v) is 3.02. The molecule has 1 heterocycles. The smallest absolute Gasteiger partial charge is 0.230 e. The summed E-state index contributed by atoms with van der Waals surface area (Å²) >= 11 is 7.35. The standard InChI is InChI=1S/C15H19ClN4OS/c1-10(2)20-9-17-19-15(20)22-8-14(21)18-11(3)12-5-4-6-13(16)7-12/h4-7,9-11H,8H2,1-3H3,(H,18,21)/t11-/m0/s1. The minimum absolute atomic E-state index is 0.0456. The van der Waals surface area contributed by atoms with Gasteiger partial charge in [0.1, 0.15) is 6.33 Å². The topological polar surface area (TPSA) is 59.8 Å². The van der Waals surface area contributed by atoms with Crippen LogP contribution in [0, 0.1) is 0 Å². The van der Waals surface area contributed by atoms with Crippen molar-refractivity contribution in [3.63, 3.8) is 0 Å². The second-order valence-electron chi connectivity index (χ2n) is 5.25. The zero-order valence-corrected chi connectivity index (χ0v) is 14.4. The van der Waals surface area contributed by atoms with Crippen molar-refractivity contribution in [2.75, 3.05) is 5.75 Å². The van der Waals surface area contributed by atoms with Crippen LogP contribution in [0.3, 0.4) is 0 Å². The van der Waals surface area contributed by atoms with Gasteiger partial charge in [-0.2, -0.15) is 0 Å². The number of rotatable bonds is 6. The van der Waals surface area contributed by atoms with Crippen LogP contribution in [0.1, 0.15) is 38.4 Å². The Morgan fingerprint density at radius 1 is 1.41 bits per heavy atom. The molecule has 5 nitrogen and oxygen atoms in total. The van der Waals surface area contributed by atoms with Crippen LogP contribution >= 0.6 is 23.4 Å². The third-order valence-corrected chi connectivity index (χ3v) is 4.35. The third-order valence-electron chi connectivity index (χ3n) is 3.16. The number of halogens is 1. The van der Waals surface area contributed by atoms with E-state index in [-0.39, 0.29) is 18.0 Å². The number of thioether (sulfide) groups is 1. The maximum Gasteiger partial charge on any atom is 0.230 e. The highest BCUT2D eigenvalue weighted by Crippen LogP contribution is 2.20. The summed E-state index contributed by atoms with van der Waals surface area (Å²) in [6, 6.07) is 7.67. The van der Waals surface area contributed by atoms with Gasteiger partial charge in [0.05, 0.1) is 11.8 Å². The summed E-state index contributed by atoms with van der Waals surface area (Å²) in [5, 5.41) is 12.3. The first-order valence-corrected chi connectivity index (χ1v) is 8.41. The lowest BCUT2D eigenvalue weighted by atomic mass is 10.1. The molecular weight excluding hydrogens is 320 g/mol. The van der Waals surface area contributed by atoms with E-state index in [2.05, 4.69) is 29.4 Å². The Kier molecular flexibility index (Phi) is 5.85. The number of carbonyl (C=O) groups is 1. The molecule has 0 fully saturated rings. The minimum atomic E-state index is -0.0882. The summed E-state index contributed by atoms with van der Waals surface area (Å²) < 4.78 is 1.94. The van der Waals surface area contributed by atoms with Crippen molar-refractivity contribution >= 4 is 29.3 Å². The van der Waals surface area contributed by atoms with Crippen LogP contribution in [0.15, 0.2) is 35.7 Å². The monoisotopic (exact) mass is 338 g/mol. The first-order chi connectivity index (χ1) is 10.5. The third kappa shape index (κ3) is 4.48. The largest absolute Gasteiger partial charge is 0.349 e. The number of hydrogen-bond donors (Lipinski definition) is 1. The number of carbonyl (C=O) groups excluding carboxylic acids is 1. The van der Waals surface area contributed by atoms with Crippen molar-refractivity contribution in [1.29, 1.82) is 0 Å². The molecule has 0 unspecified atom stereocenters. The van der Waals surface area contributed by atoms with Gasteiger partial charge in [-0.1, -0.05) is 35.5 Å². The van der Waals surface area contributed by atoms with Crippen LogP contribution in [0.4, 0.5) is 0 Å². The average Bonchev–Trinajstić information content (AvgIpc) is 2.93.